The maximum Gasteiger partial charge on any atom is 0.234 e. The molecule has 0 atom stereocenters. The highest BCUT2D eigenvalue weighted by Gasteiger charge is 2.02. The highest BCUT2D eigenvalue weighted by molar-refractivity contribution is 7.92. The summed E-state index contributed by atoms with van der Waals surface area (Å²) in [6, 6.07) is 18.7. The van der Waals surface area contributed by atoms with E-state index >= 15 is 0 Å². The molecule has 0 aliphatic carbocycles. The van der Waals surface area contributed by atoms with Crippen molar-refractivity contribution in [2.24, 2.45) is 0 Å². The molecule has 0 saturated carbocycles. The van der Waals surface area contributed by atoms with Gasteiger partial charge in [-0.2, -0.15) is 4.72 Å². The summed E-state index contributed by atoms with van der Waals surface area (Å²) in [6.07, 6.45) is 3.26. The molecule has 0 saturated heterocycles. The molecule has 0 fully saturated rings. The molecule has 3 aromatic rings. The van der Waals surface area contributed by atoms with Crippen molar-refractivity contribution in [1.82, 2.24) is 9.71 Å². The lowest BCUT2D eigenvalue weighted by atomic mass is 10.2. The summed E-state index contributed by atoms with van der Waals surface area (Å²) < 4.78 is 31.7. The fourth-order valence-corrected chi connectivity index (χ4v) is 2.99. The van der Waals surface area contributed by atoms with Gasteiger partial charge >= 0.3 is 0 Å². The first-order valence-electron chi connectivity index (χ1n) is 8.28. The van der Waals surface area contributed by atoms with Crippen molar-refractivity contribution in [3.63, 3.8) is 0 Å². The second-order valence-corrected chi connectivity index (χ2v) is 7.23. The first-order chi connectivity index (χ1) is 13.1. The SMILES string of the molecule is O=S(=O)(/C=C/c1ccccc1)NCC#CCOc1ccc2cccnc2c1. The van der Waals surface area contributed by atoms with Crippen LogP contribution in [-0.4, -0.2) is 26.6 Å². The summed E-state index contributed by atoms with van der Waals surface area (Å²) >= 11 is 0. The molecule has 6 heteroatoms. The summed E-state index contributed by atoms with van der Waals surface area (Å²) in [5.74, 6) is 6.19. The van der Waals surface area contributed by atoms with E-state index in [-0.39, 0.29) is 13.2 Å². The average Bonchev–Trinajstić information content (AvgIpc) is 2.70. The monoisotopic (exact) mass is 378 g/mol. The molecule has 0 spiro atoms. The third-order valence-electron chi connectivity index (χ3n) is 3.61. The van der Waals surface area contributed by atoms with Gasteiger partial charge in [-0.05, 0) is 29.8 Å². The maximum atomic E-state index is 11.9. The number of aromatic nitrogens is 1. The van der Waals surface area contributed by atoms with Gasteiger partial charge in [0.1, 0.15) is 12.4 Å². The Bertz CT molecular complexity index is 1100. The van der Waals surface area contributed by atoms with E-state index < -0.39 is 10.0 Å². The number of benzene rings is 2. The molecule has 0 aliphatic heterocycles. The number of rotatable bonds is 6. The number of pyridine rings is 1. The van der Waals surface area contributed by atoms with Crippen molar-refractivity contribution < 1.29 is 13.2 Å². The van der Waals surface area contributed by atoms with Gasteiger partial charge in [0, 0.05) is 23.1 Å². The molecule has 5 nitrogen and oxygen atoms in total. The third-order valence-corrected chi connectivity index (χ3v) is 4.66. The highest BCUT2D eigenvalue weighted by Crippen LogP contribution is 2.18. The summed E-state index contributed by atoms with van der Waals surface area (Å²) in [4.78, 5) is 4.27. The molecule has 1 heterocycles. The minimum absolute atomic E-state index is 0.0180. The van der Waals surface area contributed by atoms with E-state index in [0.29, 0.717) is 5.75 Å². The van der Waals surface area contributed by atoms with E-state index in [1.54, 1.807) is 6.20 Å². The standard InChI is InChI=1S/C21H18N2O3S/c24-27(25,16-12-18-7-2-1-3-8-18)23-14-4-5-15-26-20-11-10-19-9-6-13-22-21(19)17-20/h1-3,6-13,16-17,23H,14-15H2/b16-12+. The van der Waals surface area contributed by atoms with Crippen molar-refractivity contribution in [3.05, 3.63) is 77.8 Å². The van der Waals surface area contributed by atoms with Crippen LogP contribution in [0.3, 0.4) is 0 Å². The zero-order chi connectivity index (χ0) is 19.0. The number of nitrogens with one attached hydrogen (secondary N) is 1. The molecular formula is C21H18N2O3S. The Kier molecular flexibility index (Phi) is 6.21. The van der Waals surface area contributed by atoms with Crippen LogP contribution >= 0.6 is 0 Å². The van der Waals surface area contributed by atoms with Crippen molar-refractivity contribution in [2.45, 2.75) is 0 Å². The Labute approximate surface area is 158 Å². The van der Waals surface area contributed by atoms with E-state index in [4.69, 9.17) is 4.74 Å². The second kappa shape index (κ2) is 8.99. The van der Waals surface area contributed by atoms with Crippen LogP contribution in [0.15, 0.2) is 72.3 Å². The summed E-state index contributed by atoms with van der Waals surface area (Å²) in [6.45, 7) is 0.185. The summed E-state index contributed by atoms with van der Waals surface area (Å²) in [7, 11) is -3.53. The molecule has 1 aromatic heterocycles. The van der Waals surface area contributed by atoms with E-state index in [2.05, 4.69) is 21.5 Å². The van der Waals surface area contributed by atoms with Crippen LogP contribution in [-0.2, 0) is 10.0 Å². The molecule has 3 rings (SSSR count). The third kappa shape index (κ3) is 5.96. The van der Waals surface area contributed by atoms with Crippen LogP contribution in [0.5, 0.6) is 5.75 Å². The van der Waals surface area contributed by atoms with Crippen LogP contribution in [0.1, 0.15) is 5.56 Å². The Morgan fingerprint density at radius 2 is 1.89 bits per heavy atom. The molecule has 0 amide bonds. The molecule has 0 aliphatic rings. The van der Waals surface area contributed by atoms with Crippen LogP contribution in [0.2, 0.25) is 0 Å². The van der Waals surface area contributed by atoms with Crippen molar-refractivity contribution in [2.75, 3.05) is 13.2 Å². The Balaban J connectivity index is 1.46. The van der Waals surface area contributed by atoms with E-state index in [1.165, 1.54) is 6.08 Å². The number of hydrogen-bond acceptors (Lipinski definition) is 4. The Hall–Kier alpha value is -3.14. The fraction of sp³-hybridized carbons (Fsp3) is 0.0952. The smallest absolute Gasteiger partial charge is 0.234 e. The number of ether oxygens (including phenoxy) is 1. The second-order valence-electron chi connectivity index (χ2n) is 5.58. The molecule has 0 unspecified atom stereocenters. The quantitative estimate of drug-likeness (QED) is 0.669. The van der Waals surface area contributed by atoms with Gasteiger partial charge in [0.05, 0.1) is 12.1 Å². The zero-order valence-electron chi connectivity index (χ0n) is 14.5. The minimum atomic E-state index is -3.53. The maximum absolute atomic E-state index is 11.9. The largest absolute Gasteiger partial charge is 0.481 e. The van der Waals surface area contributed by atoms with E-state index in [9.17, 15) is 8.42 Å². The van der Waals surface area contributed by atoms with Gasteiger partial charge in [-0.3, -0.25) is 4.98 Å². The lowest BCUT2D eigenvalue weighted by Crippen LogP contribution is -2.21. The van der Waals surface area contributed by atoms with Gasteiger partial charge in [0.25, 0.3) is 0 Å². The first kappa shape index (κ1) is 18.6. The van der Waals surface area contributed by atoms with Gasteiger partial charge < -0.3 is 4.74 Å². The van der Waals surface area contributed by atoms with Gasteiger partial charge in [0.15, 0.2) is 0 Å². The number of sulfonamides is 1. The van der Waals surface area contributed by atoms with Crippen molar-refractivity contribution in [3.8, 4) is 17.6 Å². The van der Waals surface area contributed by atoms with Crippen LogP contribution in [0.25, 0.3) is 17.0 Å². The zero-order valence-corrected chi connectivity index (χ0v) is 15.3. The summed E-state index contributed by atoms with van der Waals surface area (Å²) in [5.41, 5.74) is 1.66. The van der Waals surface area contributed by atoms with Crippen LogP contribution in [0, 0.1) is 11.8 Å². The number of hydrogen-bond donors (Lipinski definition) is 1. The predicted molar refractivity (Wildman–Crippen MR) is 107 cm³/mol. The first-order valence-corrected chi connectivity index (χ1v) is 9.83. The molecule has 1 N–H and O–H groups in total. The van der Waals surface area contributed by atoms with Crippen LogP contribution < -0.4 is 9.46 Å². The van der Waals surface area contributed by atoms with E-state index in [0.717, 1.165) is 21.9 Å². The number of fused-ring (bicyclic) bond motifs is 1. The van der Waals surface area contributed by atoms with Gasteiger partial charge in [-0.15, -0.1) is 0 Å². The van der Waals surface area contributed by atoms with Crippen molar-refractivity contribution >= 4 is 27.0 Å². The fourth-order valence-electron chi connectivity index (χ4n) is 2.29. The minimum Gasteiger partial charge on any atom is -0.481 e. The Morgan fingerprint density at radius 1 is 1.04 bits per heavy atom. The molecule has 27 heavy (non-hydrogen) atoms. The van der Waals surface area contributed by atoms with Gasteiger partial charge in [-0.1, -0.05) is 48.2 Å². The molecule has 0 radical (unpaired) electrons. The lowest BCUT2D eigenvalue weighted by Gasteiger charge is -2.03. The average molecular weight is 378 g/mol. The van der Waals surface area contributed by atoms with Gasteiger partial charge in [-0.25, -0.2) is 8.42 Å². The Morgan fingerprint density at radius 3 is 2.74 bits per heavy atom. The molecule has 0 bridgehead atoms. The molecule has 136 valence electrons. The molecule has 2 aromatic carbocycles. The summed E-state index contributed by atoms with van der Waals surface area (Å²) in [5, 5.41) is 2.16. The van der Waals surface area contributed by atoms with Gasteiger partial charge in [0.2, 0.25) is 10.0 Å². The van der Waals surface area contributed by atoms with Crippen LogP contribution in [0.4, 0.5) is 0 Å². The lowest BCUT2D eigenvalue weighted by molar-refractivity contribution is 0.370. The van der Waals surface area contributed by atoms with Crippen molar-refractivity contribution in [1.29, 1.82) is 0 Å². The highest BCUT2D eigenvalue weighted by atomic mass is 32.2. The number of nitrogens with zero attached hydrogens (tertiary/aromatic N) is 1. The normalized spacial score (nSPS) is 11.3. The predicted octanol–water partition coefficient (Wildman–Crippen LogP) is 3.21. The van der Waals surface area contributed by atoms with E-state index in [1.807, 2.05) is 60.7 Å². The topological polar surface area (TPSA) is 68.3 Å². The molecular weight excluding hydrogens is 360 g/mol.